The molecule has 3 N–H and O–H groups in total. The fraction of sp³-hybridized carbons (Fsp3) is 0.364. The lowest BCUT2D eigenvalue weighted by molar-refractivity contribution is -0.155. The van der Waals surface area contributed by atoms with Crippen LogP contribution < -0.4 is 15.6 Å². The Bertz CT molecular complexity index is 1530. The quantitative estimate of drug-likeness (QED) is 0.0516. The summed E-state index contributed by atoms with van der Waals surface area (Å²) in [4.78, 5) is 35.1. The summed E-state index contributed by atoms with van der Waals surface area (Å²) >= 11 is 0. The van der Waals surface area contributed by atoms with E-state index in [9.17, 15) is 9.59 Å². The van der Waals surface area contributed by atoms with Crippen LogP contribution in [-0.4, -0.2) is 47.2 Å². The van der Waals surface area contributed by atoms with Gasteiger partial charge in [0.1, 0.15) is 11.4 Å². The lowest BCUT2D eigenvalue weighted by Crippen LogP contribution is -2.50. The molecule has 0 saturated carbocycles. The number of azide groups is 1. The van der Waals surface area contributed by atoms with Gasteiger partial charge in [0.25, 0.3) is 5.91 Å². The first-order valence-electron chi connectivity index (χ1n) is 14.7. The smallest absolute Gasteiger partial charge is 0.306 e. The molecule has 3 aromatic carbocycles. The molecule has 12 heteroatoms. The van der Waals surface area contributed by atoms with Crippen molar-refractivity contribution in [1.29, 1.82) is 0 Å². The molecule has 1 heterocycles. The number of carbonyl (C=O) groups excluding carboxylic acids is 2. The van der Waals surface area contributed by atoms with Crippen LogP contribution in [0.1, 0.15) is 62.8 Å². The number of hydrogen-bond donors (Lipinski definition) is 3. The molecule has 0 aliphatic carbocycles. The summed E-state index contributed by atoms with van der Waals surface area (Å²) in [5, 5.41) is 12.8. The highest BCUT2D eigenvalue weighted by molar-refractivity contribution is 6.01. The summed E-state index contributed by atoms with van der Waals surface area (Å²) in [5.41, 5.74) is 14.9. The Morgan fingerprint density at radius 3 is 2.47 bits per heavy atom. The lowest BCUT2D eigenvalue weighted by atomic mass is 9.82. The highest BCUT2D eigenvalue weighted by Gasteiger charge is 2.54. The van der Waals surface area contributed by atoms with Crippen LogP contribution in [0.4, 0.5) is 5.69 Å². The van der Waals surface area contributed by atoms with Gasteiger partial charge in [0, 0.05) is 29.9 Å². The van der Waals surface area contributed by atoms with Crippen LogP contribution in [0.3, 0.4) is 0 Å². The van der Waals surface area contributed by atoms with Crippen molar-refractivity contribution in [2.24, 2.45) is 10.1 Å². The molecule has 3 aromatic rings. The van der Waals surface area contributed by atoms with E-state index in [-0.39, 0.29) is 31.9 Å². The van der Waals surface area contributed by atoms with Gasteiger partial charge in [-0.05, 0) is 80.2 Å². The lowest BCUT2D eigenvalue weighted by Gasteiger charge is -2.32. The van der Waals surface area contributed by atoms with E-state index in [0.29, 0.717) is 41.2 Å². The number of para-hydroxylation sites is 1. The van der Waals surface area contributed by atoms with Crippen LogP contribution in [0.15, 0.2) is 89.0 Å². The molecule has 1 aliphatic rings. The predicted molar refractivity (Wildman–Crippen MR) is 169 cm³/mol. The summed E-state index contributed by atoms with van der Waals surface area (Å²) in [6.45, 7) is 5.74. The third kappa shape index (κ3) is 8.75. The van der Waals surface area contributed by atoms with Crippen LogP contribution in [0, 0.1) is 0 Å². The summed E-state index contributed by atoms with van der Waals surface area (Å²) in [6, 6.07) is 23.3. The molecule has 0 bridgehead atoms. The summed E-state index contributed by atoms with van der Waals surface area (Å²) in [7, 11) is 0. The molecule has 0 fully saturated rings. The minimum atomic E-state index is -1.63. The second kappa shape index (κ2) is 15.1. The fourth-order valence-corrected chi connectivity index (χ4v) is 4.83. The van der Waals surface area contributed by atoms with Gasteiger partial charge in [-0.2, -0.15) is 0 Å². The molecule has 45 heavy (non-hydrogen) atoms. The van der Waals surface area contributed by atoms with Crippen LogP contribution in [0.25, 0.3) is 10.4 Å². The van der Waals surface area contributed by atoms with Gasteiger partial charge in [0.15, 0.2) is 11.6 Å². The summed E-state index contributed by atoms with van der Waals surface area (Å²) in [6.07, 6.45) is -0.654. The van der Waals surface area contributed by atoms with Gasteiger partial charge >= 0.3 is 5.97 Å². The number of aliphatic hydroxyl groups is 1. The van der Waals surface area contributed by atoms with Gasteiger partial charge < -0.3 is 19.3 Å². The van der Waals surface area contributed by atoms with Gasteiger partial charge in [-0.3, -0.25) is 20.4 Å². The number of esters is 1. The van der Waals surface area contributed by atoms with Gasteiger partial charge in [-0.25, -0.2) is 4.99 Å². The first kappa shape index (κ1) is 32.8. The van der Waals surface area contributed by atoms with Crippen molar-refractivity contribution >= 4 is 23.5 Å². The Balaban J connectivity index is 1.77. The van der Waals surface area contributed by atoms with Gasteiger partial charge in [-0.1, -0.05) is 47.6 Å². The third-order valence-electron chi connectivity index (χ3n) is 6.90. The number of aliphatic imine (C=N–C) groups is 1. The van der Waals surface area contributed by atoms with E-state index in [1.54, 1.807) is 81.4 Å². The topological polar surface area (TPSA) is 167 Å². The number of nitrogens with zero attached hydrogens (tertiary/aromatic N) is 4. The van der Waals surface area contributed by atoms with Gasteiger partial charge in [-0.15, -0.1) is 0 Å². The number of hydrazine groups is 1. The number of carbonyl (C=O) groups is 2. The maximum absolute atomic E-state index is 14.3. The Hall–Kier alpha value is -5.06. The average Bonchev–Trinajstić information content (AvgIpc) is 3.42. The number of aliphatic hydroxyl groups excluding tert-OH is 1. The van der Waals surface area contributed by atoms with E-state index in [2.05, 4.69) is 20.9 Å². The Kier molecular flexibility index (Phi) is 11.0. The molecule has 0 spiro atoms. The van der Waals surface area contributed by atoms with Crippen molar-refractivity contribution in [3.63, 3.8) is 0 Å². The summed E-state index contributed by atoms with van der Waals surface area (Å²) < 4.78 is 17.8. The highest BCUT2D eigenvalue weighted by Crippen LogP contribution is 2.44. The van der Waals surface area contributed by atoms with Crippen LogP contribution in [0.5, 0.6) is 5.75 Å². The zero-order chi connectivity index (χ0) is 32.3. The SMILES string of the molecule is CC(C)(C)OC(=O)CC[C@]1(C(=O)NNc2ccccc2)N=C(c2ccc(OCCCO)cc2)O[C@H]1c1ccccc1CN=[N+]=[N-]. The molecule has 0 aromatic heterocycles. The number of ether oxygens (including phenoxy) is 3. The van der Waals surface area contributed by atoms with E-state index in [1.165, 1.54) is 0 Å². The van der Waals surface area contributed by atoms with Gasteiger partial charge in [0.2, 0.25) is 5.90 Å². The van der Waals surface area contributed by atoms with Crippen molar-refractivity contribution in [1.82, 2.24) is 5.43 Å². The van der Waals surface area contributed by atoms with Crippen LogP contribution >= 0.6 is 0 Å². The molecule has 1 aliphatic heterocycles. The average molecular weight is 615 g/mol. The summed E-state index contributed by atoms with van der Waals surface area (Å²) in [5.74, 6) is -0.222. The first-order chi connectivity index (χ1) is 21.6. The second-order valence-corrected chi connectivity index (χ2v) is 11.4. The maximum Gasteiger partial charge on any atom is 0.306 e. The molecule has 0 saturated heterocycles. The Morgan fingerprint density at radius 2 is 1.78 bits per heavy atom. The zero-order valence-corrected chi connectivity index (χ0v) is 25.6. The molecule has 236 valence electrons. The molecular formula is C33H38N6O6. The van der Waals surface area contributed by atoms with E-state index < -0.39 is 29.1 Å². The third-order valence-corrected chi connectivity index (χ3v) is 6.90. The van der Waals surface area contributed by atoms with E-state index in [4.69, 9.17) is 29.8 Å². The molecule has 12 nitrogen and oxygen atoms in total. The minimum absolute atomic E-state index is 0.0216. The number of rotatable bonds is 14. The fourth-order valence-electron chi connectivity index (χ4n) is 4.83. The second-order valence-electron chi connectivity index (χ2n) is 11.4. The number of benzene rings is 3. The van der Waals surface area contributed by atoms with Crippen LogP contribution in [-0.2, 0) is 25.6 Å². The molecule has 1 amide bonds. The van der Waals surface area contributed by atoms with Crippen molar-refractivity contribution in [3.05, 3.63) is 106 Å². The van der Waals surface area contributed by atoms with Crippen molar-refractivity contribution in [2.75, 3.05) is 18.6 Å². The number of anilines is 1. The van der Waals surface area contributed by atoms with Gasteiger partial charge in [0.05, 0.1) is 18.8 Å². The number of nitrogens with one attached hydrogen (secondary N) is 2. The Morgan fingerprint density at radius 1 is 1.07 bits per heavy atom. The minimum Gasteiger partial charge on any atom is -0.494 e. The van der Waals surface area contributed by atoms with Crippen molar-refractivity contribution in [3.8, 4) is 5.75 Å². The molecule has 0 radical (unpaired) electrons. The maximum atomic E-state index is 14.3. The number of hydrogen-bond acceptors (Lipinski definition) is 9. The predicted octanol–water partition coefficient (Wildman–Crippen LogP) is 5.78. The van der Waals surface area contributed by atoms with E-state index >= 15 is 0 Å². The zero-order valence-electron chi connectivity index (χ0n) is 25.6. The Labute approximate surface area is 262 Å². The highest BCUT2D eigenvalue weighted by atomic mass is 16.6. The van der Waals surface area contributed by atoms with Crippen molar-refractivity contribution in [2.45, 2.75) is 63.8 Å². The standard InChI is InChI=1S/C33H38N6O6/c1-32(2,3)45-28(41)18-19-33(31(42)38-37-25-11-5-4-6-12-25)29(27-13-8-7-10-24(27)22-35-39-34)44-30(36-33)23-14-16-26(17-15-23)43-21-9-20-40/h4-8,10-17,29,37,40H,9,18-22H2,1-3H3,(H,38,42)/t29-,33-/m0/s1. The van der Waals surface area contributed by atoms with Crippen molar-refractivity contribution < 1.29 is 28.9 Å². The molecule has 4 rings (SSSR count). The molecule has 0 unspecified atom stereocenters. The monoisotopic (exact) mass is 614 g/mol. The number of amides is 1. The van der Waals surface area contributed by atoms with E-state index in [0.717, 1.165) is 0 Å². The van der Waals surface area contributed by atoms with Crippen LogP contribution in [0.2, 0.25) is 0 Å². The largest absolute Gasteiger partial charge is 0.494 e. The van der Waals surface area contributed by atoms with E-state index in [1.807, 2.05) is 18.2 Å². The molecule has 2 atom stereocenters. The molecular weight excluding hydrogens is 576 g/mol. The normalized spacial score (nSPS) is 17.3. The first-order valence-corrected chi connectivity index (χ1v) is 14.7.